The molecule has 0 saturated heterocycles. The highest BCUT2D eigenvalue weighted by atomic mass is 35.5. The highest BCUT2D eigenvalue weighted by Crippen LogP contribution is 2.29. The number of halogens is 2. The third-order valence-electron chi connectivity index (χ3n) is 2.39. The molecule has 1 aromatic heterocycles. The second kappa shape index (κ2) is 5.95. The Morgan fingerprint density at radius 3 is 2.63 bits per heavy atom. The average Bonchev–Trinajstić information content (AvgIpc) is 2.77. The molecule has 0 aliphatic carbocycles. The molecule has 1 aromatic carbocycles. The first-order valence-corrected chi connectivity index (χ1v) is 6.28. The van der Waals surface area contributed by atoms with Crippen LogP contribution in [0.4, 0.5) is 11.4 Å². The topological polar surface area (TPSA) is 59.0 Å². The van der Waals surface area contributed by atoms with Crippen LogP contribution in [0.3, 0.4) is 0 Å². The van der Waals surface area contributed by atoms with Gasteiger partial charge in [0.05, 0.1) is 34.2 Å². The van der Waals surface area contributed by atoms with Crippen LogP contribution in [0.2, 0.25) is 10.0 Å². The third-order valence-corrected chi connectivity index (χ3v) is 3.02. The summed E-state index contributed by atoms with van der Waals surface area (Å²) in [6.45, 7) is 0.104. The summed E-state index contributed by atoms with van der Waals surface area (Å²) in [5, 5.41) is 10.4. The van der Waals surface area contributed by atoms with Gasteiger partial charge in [-0.05, 0) is 12.1 Å². The van der Waals surface area contributed by atoms with E-state index in [0.717, 1.165) is 5.69 Å². The Morgan fingerprint density at radius 1 is 1.37 bits per heavy atom. The summed E-state index contributed by atoms with van der Waals surface area (Å²) in [5.74, 6) is -0.237. The molecule has 0 spiro atoms. The normalized spacial score (nSPS) is 10.3. The first-order chi connectivity index (χ1) is 9.06. The molecule has 19 heavy (non-hydrogen) atoms. The lowest BCUT2D eigenvalue weighted by molar-refractivity contribution is -0.114. The van der Waals surface area contributed by atoms with Crippen molar-refractivity contribution in [3.05, 3.63) is 40.6 Å². The maximum atomic E-state index is 11.8. The van der Waals surface area contributed by atoms with Gasteiger partial charge < -0.3 is 10.6 Å². The standard InChI is InChI=1S/C12H12Cl2N4O/c1-18-7-8(5-16-18)15-6-11(19)17-12-9(13)3-2-4-10(12)14/h2-5,7,15H,6H2,1H3,(H,17,19). The van der Waals surface area contributed by atoms with Crippen molar-refractivity contribution < 1.29 is 4.79 Å². The second-order valence-corrected chi connectivity index (χ2v) is 4.72. The van der Waals surface area contributed by atoms with E-state index in [1.807, 2.05) is 0 Å². The number of hydrogen-bond acceptors (Lipinski definition) is 3. The maximum Gasteiger partial charge on any atom is 0.243 e. The summed E-state index contributed by atoms with van der Waals surface area (Å²) in [6.07, 6.45) is 3.41. The number of aromatic nitrogens is 2. The van der Waals surface area contributed by atoms with Crippen LogP contribution in [0.15, 0.2) is 30.6 Å². The van der Waals surface area contributed by atoms with Gasteiger partial charge >= 0.3 is 0 Å². The molecule has 2 aromatic rings. The molecule has 0 bridgehead atoms. The van der Waals surface area contributed by atoms with Crippen molar-refractivity contribution >= 4 is 40.5 Å². The molecule has 2 N–H and O–H groups in total. The number of rotatable bonds is 4. The molecular formula is C12H12Cl2N4O. The van der Waals surface area contributed by atoms with E-state index < -0.39 is 0 Å². The summed E-state index contributed by atoms with van der Waals surface area (Å²) in [7, 11) is 1.80. The van der Waals surface area contributed by atoms with E-state index in [1.54, 1.807) is 42.3 Å². The summed E-state index contributed by atoms with van der Waals surface area (Å²) in [5.41, 5.74) is 1.19. The van der Waals surface area contributed by atoms with Crippen molar-refractivity contribution in [2.24, 2.45) is 7.05 Å². The molecule has 0 unspecified atom stereocenters. The maximum absolute atomic E-state index is 11.8. The molecule has 0 saturated carbocycles. The van der Waals surface area contributed by atoms with Crippen LogP contribution in [0.1, 0.15) is 0 Å². The Morgan fingerprint density at radius 2 is 2.05 bits per heavy atom. The van der Waals surface area contributed by atoms with Gasteiger partial charge in [-0.2, -0.15) is 5.10 Å². The van der Waals surface area contributed by atoms with Gasteiger partial charge in [-0.25, -0.2) is 0 Å². The number of para-hydroxylation sites is 1. The molecule has 0 fully saturated rings. The van der Waals surface area contributed by atoms with Crippen molar-refractivity contribution in [3.8, 4) is 0 Å². The van der Waals surface area contributed by atoms with Crippen molar-refractivity contribution in [2.75, 3.05) is 17.2 Å². The molecule has 0 aliphatic rings. The summed E-state index contributed by atoms with van der Waals surface area (Å²) in [4.78, 5) is 11.8. The highest BCUT2D eigenvalue weighted by molar-refractivity contribution is 6.39. The highest BCUT2D eigenvalue weighted by Gasteiger charge is 2.09. The van der Waals surface area contributed by atoms with Gasteiger partial charge in [-0.1, -0.05) is 29.3 Å². The van der Waals surface area contributed by atoms with E-state index in [2.05, 4.69) is 15.7 Å². The zero-order chi connectivity index (χ0) is 13.8. The average molecular weight is 299 g/mol. The minimum atomic E-state index is -0.237. The summed E-state index contributed by atoms with van der Waals surface area (Å²) < 4.78 is 1.64. The Labute approximate surface area is 120 Å². The van der Waals surface area contributed by atoms with Crippen LogP contribution in [-0.4, -0.2) is 22.2 Å². The molecule has 5 nitrogen and oxygen atoms in total. The number of nitrogens with zero attached hydrogens (tertiary/aromatic N) is 2. The predicted octanol–water partition coefficient (Wildman–Crippen LogP) is 2.78. The Bertz CT molecular complexity index is 577. The first kappa shape index (κ1) is 13.7. The van der Waals surface area contributed by atoms with Gasteiger partial charge in [0.15, 0.2) is 0 Å². The first-order valence-electron chi connectivity index (χ1n) is 5.52. The molecule has 0 aliphatic heterocycles. The van der Waals surface area contributed by atoms with Gasteiger partial charge in [-0.3, -0.25) is 9.48 Å². The number of aryl methyl sites for hydroxylation is 1. The number of amides is 1. The Kier molecular flexibility index (Phi) is 4.29. The fraction of sp³-hybridized carbons (Fsp3) is 0.167. The van der Waals surface area contributed by atoms with Gasteiger partial charge in [0, 0.05) is 13.2 Å². The van der Waals surface area contributed by atoms with Crippen LogP contribution in [0.25, 0.3) is 0 Å². The minimum Gasteiger partial charge on any atom is -0.374 e. The second-order valence-electron chi connectivity index (χ2n) is 3.90. The van der Waals surface area contributed by atoms with Crippen molar-refractivity contribution in [1.29, 1.82) is 0 Å². The SMILES string of the molecule is Cn1cc(NCC(=O)Nc2c(Cl)cccc2Cl)cn1. The third kappa shape index (κ3) is 3.62. The molecule has 1 amide bonds. The van der Waals surface area contributed by atoms with Gasteiger partial charge in [0.1, 0.15) is 0 Å². The van der Waals surface area contributed by atoms with E-state index in [4.69, 9.17) is 23.2 Å². The van der Waals surface area contributed by atoms with Crippen LogP contribution >= 0.6 is 23.2 Å². The van der Waals surface area contributed by atoms with Crippen molar-refractivity contribution in [3.63, 3.8) is 0 Å². The smallest absolute Gasteiger partial charge is 0.243 e. The molecular weight excluding hydrogens is 287 g/mol. The fourth-order valence-electron chi connectivity index (χ4n) is 1.50. The molecule has 100 valence electrons. The zero-order valence-electron chi connectivity index (χ0n) is 10.2. The van der Waals surface area contributed by atoms with E-state index in [0.29, 0.717) is 15.7 Å². The Hall–Kier alpha value is -1.72. The fourth-order valence-corrected chi connectivity index (χ4v) is 1.99. The Balaban J connectivity index is 1.94. The van der Waals surface area contributed by atoms with Crippen molar-refractivity contribution in [1.82, 2.24) is 9.78 Å². The van der Waals surface area contributed by atoms with Crippen LogP contribution in [0.5, 0.6) is 0 Å². The number of anilines is 2. The number of carbonyl (C=O) groups excluding carboxylic acids is 1. The van der Waals surface area contributed by atoms with Crippen molar-refractivity contribution in [2.45, 2.75) is 0 Å². The molecule has 2 rings (SSSR count). The number of nitrogens with one attached hydrogen (secondary N) is 2. The van der Waals surface area contributed by atoms with Gasteiger partial charge in [0.25, 0.3) is 0 Å². The molecule has 1 heterocycles. The van der Waals surface area contributed by atoms with E-state index in [1.165, 1.54) is 0 Å². The van der Waals surface area contributed by atoms with Gasteiger partial charge in [-0.15, -0.1) is 0 Å². The number of benzene rings is 1. The summed E-state index contributed by atoms with van der Waals surface area (Å²) in [6, 6.07) is 5.05. The largest absolute Gasteiger partial charge is 0.374 e. The van der Waals surface area contributed by atoms with Gasteiger partial charge in [0.2, 0.25) is 5.91 Å². The monoisotopic (exact) mass is 298 g/mol. The molecule has 7 heteroatoms. The lowest BCUT2D eigenvalue weighted by Crippen LogP contribution is -2.21. The predicted molar refractivity (Wildman–Crippen MR) is 76.8 cm³/mol. The van der Waals surface area contributed by atoms with E-state index in [9.17, 15) is 4.79 Å². The lowest BCUT2D eigenvalue weighted by atomic mass is 10.3. The lowest BCUT2D eigenvalue weighted by Gasteiger charge is -2.09. The van der Waals surface area contributed by atoms with Crippen LogP contribution in [-0.2, 0) is 11.8 Å². The zero-order valence-corrected chi connectivity index (χ0v) is 11.7. The van der Waals surface area contributed by atoms with Crippen LogP contribution in [0, 0.1) is 0 Å². The minimum absolute atomic E-state index is 0.104. The van der Waals surface area contributed by atoms with Crippen LogP contribution < -0.4 is 10.6 Å². The number of hydrogen-bond donors (Lipinski definition) is 2. The summed E-state index contributed by atoms with van der Waals surface area (Å²) >= 11 is 11.9. The quantitative estimate of drug-likeness (QED) is 0.912. The molecule has 0 radical (unpaired) electrons. The van der Waals surface area contributed by atoms with E-state index >= 15 is 0 Å². The molecule has 0 atom stereocenters. The van der Waals surface area contributed by atoms with E-state index in [-0.39, 0.29) is 12.5 Å². The number of carbonyl (C=O) groups is 1.